The van der Waals surface area contributed by atoms with Crippen LogP contribution < -0.4 is 5.32 Å². The lowest BCUT2D eigenvalue weighted by Gasteiger charge is -2.18. The molecule has 1 aliphatic rings. The minimum atomic E-state index is 0.900. The Balaban J connectivity index is 1.75. The first-order valence-electron chi connectivity index (χ1n) is 8.79. The first kappa shape index (κ1) is 15.2. The van der Waals surface area contributed by atoms with E-state index in [-0.39, 0.29) is 0 Å². The van der Waals surface area contributed by atoms with E-state index in [1.54, 1.807) is 0 Å². The maximum absolute atomic E-state index is 3.80. The van der Waals surface area contributed by atoms with Gasteiger partial charge in [-0.1, -0.05) is 54.6 Å². The molecule has 0 spiro atoms. The third-order valence-corrected chi connectivity index (χ3v) is 5.95. The van der Waals surface area contributed by atoms with Crippen LogP contribution >= 0.6 is 15.9 Å². The zero-order chi connectivity index (χ0) is 16.8. The molecule has 0 fully saturated rings. The summed E-state index contributed by atoms with van der Waals surface area (Å²) in [7, 11) is 0. The number of hydrogen-bond acceptors (Lipinski definition) is 1. The van der Waals surface area contributed by atoms with Crippen molar-refractivity contribution in [2.24, 2.45) is 0 Å². The van der Waals surface area contributed by atoms with Gasteiger partial charge in [-0.25, -0.2) is 0 Å². The van der Waals surface area contributed by atoms with Gasteiger partial charge in [0.15, 0.2) is 0 Å². The molecule has 2 nitrogen and oxygen atoms in total. The lowest BCUT2D eigenvalue weighted by Crippen LogP contribution is -2.25. The van der Waals surface area contributed by atoms with Gasteiger partial charge in [-0.15, -0.1) is 0 Å². The lowest BCUT2D eigenvalue weighted by molar-refractivity contribution is 0.603. The minimum absolute atomic E-state index is 0.900. The average molecular weight is 391 g/mol. The highest BCUT2D eigenvalue weighted by Gasteiger charge is 2.21. The summed E-state index contributed by atoms with van der Waals surface area (Å²) in [6, 6.07) is 21.9. The zero-order valence-electron chi connectivity index (χ0n) is 13.9. The van der Waals surface area contributed by atoms with Gasteiger partial charge in [0.1, 0.15) is 0 Å². The van der Waals surface area contributed by atoms with Gasteiger partial charge >= 0.3 is 0 Å². The van der Waals surface area contributed by atoms with E-state index in [2.05, 4.69) is 86.5 Å². The summed E-state index contributed by atoms with van der Waals surface area (Å²) in [4.78, 5) is 0. The molecule has 0 atom stereocenters. The van der Waals surface area contributed by atoms with E-state index in [1.165, 1.54) is 43.0 Å². The normalized spacial score (nSPS) is 14.1. The van der Waals surface area contributed by atoms with E-state index in [1.807, 2.05) is 0 Å². The Kier molecular flexibility index (Phi) is 3.65. The first-order valence-corrected chi connectivity index (χ1v) is 9.58. The van der Waals surface area contributed by atoms with Gasteiger partial charge in [0, 0.05) is 28.6 Å². The summed E-state index contributed by atoms with van der Waals surface area (Å²) in [5, 5.41) is 7.59. The van der Waals surface area contributed by atoms with E-state index in [0.29, 0.717) is 0 Å². The van der Waals surface area contributed by atoms with E-state index in [4.69, 9.17) is 0 Å². The van der Waals surface area contributed by atoms with Gasteiger partial charge in [-0.05, 0) is 56.9 Å². The summed E-state index contributed by atoms with van der Waals surface area (Å²) in [6.07, 6.45) is 1.10. The molecule has 4 aromatic rings. The third kappa shape index (κ3) is 2.42. The van der Waals surface area contributed by atoms with Crippen LogP contribution in [0.15, 0.2) is 65.1 Å². The number of aromatic nitrogens is 1. The smallest absolute Gasteiger partial charge is 0.0633 e. The van der Waals surface area contributed by atoms with Crippen LogP contribution in [-0.2, 0) is 19.5 Å². The number of hydrogen-bond donors (Lipinski definition) is 1. The van der Waals surface area contributed by atoms with Crippen molar-refractivity contribution in [1.29, 1.82) is 0 Å². The molecule has 0 saturated carbocycles. The van der Waals surface area contributed by atoms with Crippen LogP contribution in [0.3, 0.4) is 0 Å². The Labute approximate surface area is 155 Å². The van der Waals surface area contributed by atoms with Crippen molar-refractivity contribution < 1.29 is 0 Å². The number of benzene rings is 3. The Morgan fingerprint density at radius 2 is 1.72 bits per heavy atom. The summed E-state index contributed by atoms with van der Waals surface area (Å²) >= 11 is 3.80. The molecule has 0 bridgehead atoms. The second kappa shape index (κ2) is 6.01. The van der Waals surface area contributed by atoms with Crippen molar-refractivity contribution in [3.05, 3.63) is 82.0 Å². The summed E-state index contributed by atoms with van der Waals surface area (Å²) < 4.78 is 3.68. The van der Waals surface area contributed by atoms with E-state index < -0.39 is 0 Å². The van der Waals surface area contributed by atoms with Crippen LogP contribution in [0.1, 0.15) is 16.8 Å². The number of fused-ring (bicyclic) bond motifs is 4. The summed E-state index contributed by atoms with van der Waals surface area (Å²) in [6.45, 7) is 2.91. The highest BCUT2D eigenvalue weighted by Crippen LogP contribution is 2.34. The number of nitrogens with one attached hydrogen (secondary N) is 1. The average Bonchev–Trinajstić information content (AvgIpc) is 2.98. The molecule has 2 heterocycles. The van der Waals surface area contributed by atoms with Gasteiger partial charge in [0.25, 0.3) is 0 Å². The fraction of sp³-hybridized carbons (Fsp3) is 0.182. The molecule has 1 aliphatic heterocycles. The summed E-state index contributed by atoms with van der Waals surface area (Å²) in [5.74, 6) is 0. The first-order chi connectivity index (χ1) is 12.3. The quantitative estimate of drug-likeness (QED) is 0.494. The molecule has 1 aromatic heterocycles. The molecular weight excluding hydrogens is 372 g/mol. The highest BCUT2D eigenvalue weighted by atomic mass is 79.9. The van der Waals surface area contributed by atoms with Crippen LogP contribution in [0.4, 0.5) is 0 Å². The van der Waals surface area contributed by atoms with Crippen LogP contribution in [0.25, 0.3) is 21.7 Å². The maximum atomic E-state index is 3.80. The predicted molar refractivity (Wildman–Crippen MR) is 108 cm³/mol. The second-order valence-electron chi connectivity index (χ2n) is 6.71. The number of para-hydroxylation sites is 1. The van der Waals surface area contributed by atoms with Crippen LogP contribution in [-0.4, -0.2) is 11.1 Å². The molecule has 0 radical (unpaired) electrons. The fourth-order valence-electron chi connectivity index (χ4n) is 4.16. The van der Waals surface area contributed by atoms with Crippen molar-refractivity contribution in [3.8, 4) is 0 Å². The lowest BCUT2D eigenvalue weighted by atomic mass is 10.0. The van der Waals surface area contributed by atoms with Crippen LogP contribution in [0.2, 0.25) is 0 Å². The van der Waals surface area contributed by atoms with Crippen molar-refractivity contribution in [2.45, 2.75) is 19.5 Å². The zero-order valence-corrected chi connectivity index (χ0v) is 15.5. The molecule has 3 aromatic carbocycles. The van der Waals surface area contributed by atoms with Crippen molar-refractivity contribution in [1.82, 2.24) is 9.88 Å². The predicted octanol–water partition coefficient (Wildman–Crippen LogP) is 5.25. The molecule has 0 amide bonds. The minimum Gasteiger partial charge on any atom is -0.338 e. The number of rotatable bonds is 2. The standard InChI is InChI=1S/C22H19BrN2/c23-20-10-4-9-19-18-11-12-24-13-21(18)25(22(19)20)14-16-7-3-6-15-5-1-2-8-17(15)16/h1-10,24H,11-14H2. The van der Waals surface area contributed by atoms with Gasteiger partial charge in [-0.3, -0.25) is 0 Å². The van der Waals surface area contributed by atoms with Crippen LogP contribution in [0, 0.1) is 0 Å². The Morgan fingerprint density at radius 1 is 0.920 bits per heavy atom. The Hall–Kier alpha value is -2.10. The number of nitrogens with zero attached hydrogens (tertiary/aromatic N) is 1. The molecule has 0 saturated heterocycles. The SMILES string of the molecule is Brc1cccc2c3c(n(Cc4cccc5ccccc45)c12)CNCC3. The van der Waals surface area contributed by atoms with E-state index in [9.17, 15) is 0 Å². The third-order valence-electron chi connectivity index (χ3n) is 5.31. The van der Waals surface area contributed by atoms with Gasteiger partial charge in [0.2, 0.25) is 0 Å². The van der Waals surface area contributed by atoms with Crippen molar-refractivity contribution in [2.75, 3.05) is 6.54 Å². The maximum Gasteiger partial charge on any atom is 0.0633 e. The van der Waals surface area contributed by atoms with E-state index >= 15 is 0 Å². The van der Waals surface area contributed by atoms with Crippen LogP contribution in [0.5, 0.6) is 0 Å². The largest absolute Gasteiger partial charge is 0.338 e. The fourth-order valence-corrected chi connectivity index (χ4v) is 4.74. The second-order valence-corrected chi connectivity index (χ2v) is 7.57. The molecule has 5 rings (SSSR count). The highest BCUT2D eigenvalue weighted by molar-refractivity contribution is 9.10. The molecule has 0 unspecified atom stereocenters. The van der Waals surface area contributed by atoms with Crippen molar-refractivity contribution >= 4 is 37.6 Å². The Morgan fingerprint density at radius 3 is 2.68 bits per heavy atom. The monoisotopic (exact) mass is 390 g/mol. The van der Waals surface area contributed by atoms with E-state index in [0.717, 1.165) is 26.1 Å². The molecular formula is C22H19BrN2. The molecule has 1 N–H and O–H groups in total. The molecule has 0 aliphatic carbocycles. The molecule has 3 heteroatoms. The van der Waals surface area contributed by atoms with Gasteiger partial charge < -0.3 is 9.88 Å². The number of halogens is 1. The summed E-state index contributed by atoms with van der Waals surface area (Å²) in [5.41, 5.74) is 5.64. The van der Waals surface area contributed by atoms with Crippen molar-refractivity contribution in [3.63, 3.8) is 0 Å². The molecule has 124 valence electrons. The topological polar surface area (TPSA) is 17.0 Å². The Bertz CT molecular complexity index is 1090. The molecule has 25 heavy (non-hydrogen) atoms. The van der Waals surface area contributed by atoms with Gasteiger partial charge in [0.05, 0.1) is 5.52 Å². The van der Waals surface area contributed by atoms with Gasteiger partial charge in [-0.2, -0.15) is 0 Å².